The third-order valence-corrected chi connectivity index (χ3v) is 2.00. The Balaban J connectivity index is 0.00000169. The third-order valence-electron chi connectivity index (χ3n) is 2.00. The van der Waals surface area contributed by atoms with Crippen molar-refractivity contribution in [3.8, 4) is 0 Å². The lowest BCUT2D eigenvalue weighted by Crippen LogP contribution is -3.08. The van der Waals surface area contributed by atoms with E-state index in [1.165, 1.54) is 5.56 Å². The van der Waals surface area contributed by atoms with Crippen molar-refractivity contribution in [3.05, 3.63) is 35.9 Å². The van der Waals surface area contributed by atoms with E-state index in [-0.39, 0.29) is 12.4 Å². The van der Waals surface area contributed by atoms with Crippen molar-refractivity contribution in [2.45, 2.75) is 13.3 Å². The van der Waals surface area contributed by atoms with Gasteiger partial charge in [-0.2, -0.15) is 5.06 Å². The van der Waals surface area contributed by atoms with Crippen LogP contribution in [0, 0.1) is 0 Å². The van der Waals surface area contributed by atoms with Crippen LogP contribution in [0.3, 0.4) is 0 Å². The highest BCUT2D eigenvalue weighted by Crippen LogP contribution is 1.97. The van der Waals surface area contributed by atoms with Crippen LogP contribution in [0.15, 0.2) is 30.3 Å². The molecule has 0 spiro atoms. The number of rotatable bonds is 5. The number of hydrogen-bond acceptors (Lipinski definition) is 1. The predicted octanol–water partition coefficient (Wildman–Crippen LogP) is -2.30. The van der Waals surface area contributed by atoms with E-state index < -0.39 is 0 Å². The molecular formula is C11H18ClNO. The summed E-state index contributed by atoms with van der Waals surface area (Å²) in [5.74, 6) is 0. The van der Waals surface area contributed by atoms with Crippen LogP contribution < -0.4 is 17.5 Å². The van der Waals surface area contributed by atoms with Crippen molar-refractivity contribution in [3.63, 3.8) is 0 Å². The Morgan fingerprint density at radius 2 is 1.86 bits per heavy atom. The van der Waals surface area contributed by atoms with Gasteiger partial charge >= 0.3 is 0 Å². The van der Waals surface area contributed by atoms with E-state index in [4.69, 9.17) is 4.84 Å². The zero-order chi connectivity index (χ0) is 9.52. The first-order valence-corrected chi connectivity index (χ1v) is 4.82. The second kappa shape index (κ2) is 7.80. The number of quaternary nitrogens is 1. The lowest BCUT2D eigenvalue weighted by atomic mass is 10.1. The summed E-state index contributed by atoms with van der Waals surface area (Å²) in [5.41, 5.74) is 1.38. The summed E-state index contributed by atoms with van der Waals surface area (Å²) in [6.07, 6.45) is 1.08. The van der Waals surface area contributed by atoms with Crippen LogP contribution in [0.2, 0.25) is 0 Å². The predicted molar refractivity (Wildman–Crippen MR) is 53.5 cm³/mol. The molecule has 1 N–H and O–H groups in total. The molecule has 0 amide bonds. The second-order valence-electron chi connectivity index (χ2n) is 3.12. The highest BCUT2D eigenvalue weighted by atomic mass is 35.5. The molecule has 14 heavy (non-hydrogen) atoms. The van der Waals surface area contributed by atoms with E-state index in [0.717, 1.165) is 24.6 Å². The molecule has 0 saturated carbocycles. The van der Waals surface area contributed by atoms with Gasteiger partial charge in [-0.25, -0.2) is 4.84 Å². The Bertz CT molecular complexity index is 228. The summed E-state index contributed by atoms with van der Waals surface area (Å²) < 4.78 is 0. The number of nitrogens with one attached hydrogen (secondary N) is 1. The van der Waals surface area contributed by atoms with Gasteiger partial charge < -0.3 is 12.4 Å². The van der Waals surface area contributed by atoms with Gasteiger partial charge in [0.2, 0.25) is 0 Å². The molecular weight excluding hydrogens is 198 g/mol. The molecule has 0 saturated heterocycles. The van der Waals surface area contributed by atoms with Crippen molar-refractivity contribution < 1.29 is 22.3 Å². The van der Waals surface area contributed by atoms with Crippen molar-refractivity contribution >= 4 is 0 Å². The minimum atomic E-state index is 0. The first-order chi connectivity index (χ1) is 6.33. The second-order valence-corrected chi connectivity index (χ2v) is 3.12. The zero-order valence-corrected chi connectivity index (χ0v) is 9.55. The average molecular weight is 216 g/mol. The summed E-state index contributed by atoms with van der Waals surface area (Å²) in [4.78, 5) is 5.38. The van der Waals surface area contributed by atoms with E-state index in [9.17, 15) is 0 Å². The summed E-state index contributed by atoms with van der Waals surface area (Å²) in [5, 5.41) is 1.13. The molecule has 1 unspecified atom stereocenters. The number of benzene rings is 1. The smallest absolute Gasteiger partial charge is 0.111 e. The van der Waals surface area contributed by atoms with Crippen molar-refractivity contribution in [1.29, 1.82) is 0 Å². The fourth-order valence-electron chi connectivity index (χ4n) is 1.28. The fraction of sp³-hybridized carbons (Fsp3) is 0.455. The molecule has 1 atom stereocenters. The van der Waals surface area contributed by atoms with Gasteiger partial charge in [0.15, 0.2) is 0 Å². The molecule has 3 heteroatoms. The normalized spacial score (nSPS) is 11.9. The molecule has 0 aromatic heterocycles. The molecule has 1 rings (SSSR count). The summed E-state index contributed by atoms with van der Waals surface area (Å²) in [7, 11) is 2.05. The molecule has 2 nitrogen and oxygen atoms in total. The zero-order valence-electron chi connectivity index (χ0n) is 8.79. The number of hydroxylamine groups is 2. The van der Waals surface area contributed by atoms with Gasteiger partial charge in [-0.05, 0) is 12.5 Å². The number of halogens is 1. The molecule has 0 aliphatic rings. The molecule has 1 aromatic rings. The summed E-state index contributed by atoms with van der Waals surface area (Å²) in [6, 6.07) is 10.5. The van der Waals surface area contributed by atoms with Crippen LogP contribution in [-0.4, -0.2) is 20.2 Å². The maximum absolute atomic E-state index is 5.38. The molecule has 0 aliphatic carbocycles. The number of likely N-dealkylation sites (N-methyl/N-ethyl adjacent to an activating group) is 1. The van der Waals surface area contributed by atoms with E-state index in [0.29, 0.717) is 0 Å². The topological polar surface area (TPSA) is 13.7 Å². The summed E-state index contributed by atoms with van der Waals surface area (Å²) >= 11 is 0. The van der Waals surface area contributed by atoms with Crippen LogP contribution in [0.5, 0.6) is 0 Å². The van der Waals surface area contributed by atoms with E-state index in [1.807, 2.05) is 20.0 Å². The van der Waals surface area contributed by atoms with Gasteiger partial charge in [0.05, 0.1) is 7.05 Å². The maximum atomic E-state index is 5.38. The standard InChI is InChI=1S/C11H17NO.ClH/c1-3-13-12(2)10-9-11-7-5-4-6-8-11;/h4-8H,3,9-10H2,1-2H3;1H. The van der Waals surface area contributed by atoms with Crippen LogP contribution >= 0.6 is 0 Å². The Labute approximate surface area is 92.2 Å². The van der Waals surface area contributed by atoms with Gasteiger partial charge in [0.25, 0.3) is 0 Å². The molecule has 0 radical (unpaired) electrons. The Morgan fingerprint density at radius 3 is 2.43 bits per heavy atom. The van der Waals surface area contributed by atoms with Crippen molar-refractivity contribution in [1.82, 2.24) is 0 Å². The molecule has 0 heterocycles. The molecule has 0 bridgehead atoms. The van der Waals surface area contributed by atoms with Gasteiger partial charge in [-0.15, -0.1) is 0 Å². The van der Waals surface area contributed by atoms with E-state index >= 15 is 0 Å². The van der Waals surface area contributed by atoms with Gasteiger partial charge in [0.1, 0.15) is 13.2 Å². The Hall–Kier alpha value is -0.570. The largest absolute Gasteiger partial charge is 1.00 e. The van der Waals surface area contributed by atoms with Gasteiger partial charge in [0, 0.05) is 6.42 Å². The molecule has 0 aliphatic heterocycles. The highest BCUT2D eigenvalue weighted by Gasteiger charge is 2.00. The Kier molecular flexibility index (Phi) is 7.48. The molecule has 80 valence electrons. The number of hydrogen-bond donors (Lipinski definition) is 1. The van der Waals surface area contributed by atoms with E-state index in [2.05, 4.69) is 24.3 Å². The summed E-state index contributed by atoms with van der Waals surface area (Å²) in [6.45, 7) is 3.82. The monoisotopic (exact) mass is 215 g/mol. The van der Waals surface area contributed by atoms with Crippen LogP contribution in [0.1, 0.15) is 12.5 Å². The third kappa shape index (κ3) is 5.22. The first kappa shape index (κ1) is 13.4. The maximum Gasteiger partial charge on any atom is 0.111 e. The lowest BCUT2D eigenvalue weighted by molar-refractivity contribution is -1.08. The van der Waals surface area contributed by atoms with Crippen molar-refractivity contribution in [2.24, 2.45) is 0 Å². The highest BCUT2D eigenvalue weighted by molar-refractivity contribution is 5.14. The minimum Gasteiger partial charge on any atom is -1.00 e. The first-order valence-electron chi connectivity index (χ1n) is 4.82. The van der Waals surface area contributed by atoms with Crippen LogP contribution in [0.4, 0.5) is 0 Å². The quantitative estimate of drug-likeness (QED) is 0.546. The molecule has 1 aromatic carbocycles. The van der Waals surface area contributed by atoms with Crippen LogP contribution in [0.25, 0.3) is 0 Å². The van der Waals surface area contributed by atoms with E-state index in [1.54, 1.807) is 0 Å². The van der Waals surface area contributed by atoms with Crippen molar-refractivity contribution in [2.75, 3.05) is 20.2 Å². The average Bonchev–Trinajstić information content (AvgIpc) is 2.17. The fourth-order valence-corrected chi connectivity index (χ4v) is 1.28. The molecule has 0 fully saturated rings. The SMILES string of the molecule is CCO[NH+](C)CCc1ccccc1.[Cl-]. The van der Waals surface area contributed by atoms with Gasteiger partial charge in [-0.1, -0.05) is 30.3 Å². The lowest BCUT2D eigenvalue weighted by Gasteiger charge is -2.10. The van der Waals surface area contributed by atoms with Gasteiger partial charge in [-0.3, -0.25) is 0 Å². The van der Waals surface area contributed by atoms with Crippen LogP contribution in [-0.2, 0) is 11.3 Å². The Morgan fingerprint density at radius 1 is 1.21 bits per heavy atom. The minimum absolute atomic E-state index is 0.